The lowest BCUT2D eigenvalue weighted by molar-refractivity contribution is -0.139. The molecule has 0 aliphatic rings. The van der Waals surface area contributed by atoms with E-state index in [0.717, 1.165) is 12.8 Å². The minimum atomic E-state index is -1.05. The zero-order chi connectivity index (χ0) is 14.3. The molecule has 0 fully saturated rings. The van der Waals surface area contributed by atoms with Gasteiger partial charge in [-0.1, -0.05) is 19.9 Å². The molecule has 0 aliphatic carbocycles. The van der Waals surface area contributed by atoms with Gasteiger partial charge in [0, 0.05) is 11.6 Å². The molecule has 1 aromatic carbocycles. The van der Waals surface area contributed by atoms with E-state index in [-0.39, 0.29) is 11.9 Å². The Balaban J connectivity index is 2.69. The summed E-state index contributed by atoms with van der Waals surface area (Å²) < 4.78 is 5.04. The molecule has 0 aromatic heterocycles. The van der Waals surface area contributed by atoms with Crippen LogP contribution in [0, 0.1) is 0 Å². The molecule has 0 spiro atoms. The summed E-state index contributed by atoms with van der Waals surface area (Å²) in [6.07, 6.45) is 1.74. The maximum Gasteiger partial charge on any atom is 0.341 e. The van der Waals surface area contributed by atoms with Crippen molar-refractivity contribution in [2.75, 3.05) is 6.61 Å². The smallest absolute Gasteiger partial charge is 0.341 e. The maximum absolute atomic E-state index is 12.0. The molecule has 2 N–H and O–H groups in total. The number of amides is 1. The molecule has 1 rings (SSSR count). The Morgan fingerprint density at radius 2 is 2.00 bits per heavy atom. The molecule has 0 atom stereocenters. The zero-order valence-electron chi connectivity index (χ0n) is 11.2. The Morgan fingerprint density at radius 3 is 2.58 bits per heavy atom. The van der Waals surface area contributed by atoms with E-state index in [1.807, 2.05) is 13.8 Å². The number of benzene rings is 1. The fraction of sp³-hybridized carbons (Fsp3) is 0.429. The number of hydrogen-bond acceptors (Lipinski definition) is 3. The second-order valence-electron chi connectivity index (χ2n) is 4.20. The van der Waals surface area contributed by atoms with Gasteiger partial charge in [-0.3, -0.25) is 4.79 Å². The highest BCUT2D eigenvalue weighted by Crippen LogP contribution is 2.13. The molecule has 0 saturated heterocycles. The van der Waals surface area contributed by atoms with Gasteiger partial charge in [0.1, 0.15) is 5.75 Å². The Bertz CT molecular complexity index is 441. The van der Waals surface area contributed by atoms with E-state index in [9.17, 15) is 9.59 Å². The predicted molar refractivity (Wildman–Crippen MR) is 71.4 cm³/mol. The van der Waals surface area contributed by atoms with Gasteiger partial charge in [0.2, 0.25) is 0 Å². The fourth-order valence-corrected chi connectivity index (χ4v) is 1.63. The van der Waals surface area contributed by atoms with Crippen LogP contribution in [0.25, 0.3) is 0 Å². The summed E-state index contributed by atoms with van der Waals surface area (Å²) >= 11 is 0. The topological polar surface area (TPSA) is 75.6 Å². The number of nitrogens with one attached hydrogen (secondary N) is 1. The van der Waals surface area contributed by atoms with Crippen LogP contribution in [-0.2, 0) is 4.79 Å². The molecule has 1 aromatic rings. The third kappa shape index (κ3) is 4.99. The highest BCUT2D eigenvalue weighted by atomic mass is 16.5. The maximum atomic E-state index is 12.0. The molecule has 1 amide bonds. The first kappa shape index (κ1) is 15.0. The molecule has 0 bridgehead atoms. The van der Waals surface area contributed by atoms with Gasteiger partial charge in [-0.05, 0) is 31.0 Å². The van der Waals surface area contributed by atoms with Gasteiger partial charge in [-0.15, -0.1) is 0 Å². The van der Waals surface area contributed by atoms with E-state index in [0.29, 0.717) is 11.3 Å². The molecule has 0 heterocycles. The number of rotatable bonds is 7. The van der Waals surface area contributed by atoms with Gasteiger partial charge < -0.3 is 15.2 Å². The van der Waals surface area contributed by atoms with E-state index in [4.69, 9.17) is 9.84 Å². The first-order chi connectivity index (χ1) is 9.06. The summed E-state index contributed by atoms with van der Waals surface area (Å²) in [6.45, 7) is 3.61. The molecule has 5 nitrogen and oxygen atoms in total. The summed E-state index contributed by atoms with van der Waals surface area (Å²) in [5.74, 6) is -0.846. The van der Waals surface area contributed by atoms with Crippen LogP contribution >= 0.6 is 0 Å². The van der Waals surface area contributed by atoms with Crippen LogP contribution in [0.15, 0.2) is 24.3 Å². The lowest BCUT2D eigenvalue weighted by atomic mass is 10.1. The average molecular weight is 265 g/mol. The average Bonchev–Trinajstić information content (AvgIpc) is 2.42. The summed E-state index contributed by atoms with van der Waals surface area (Å²) in [5, 5.41) is 11.4. The van der Waals surface area contributed by atoms with Crippen molar-refractivity contribution in [2.24, 2.45) is 0 Å². The first-order valence-corrected chi connectivity index (χ1v) is 6.32. The van der Waals surface area contributed by atoms with E-state index >= 15 is 0 Å². The molecule has 19 heavy (non-hydrogen) atoms. The first-order valence-electron chi connectivity index (χ1n) is 6.32. The standard InChI is InChI=1S/C14H19NO4/c1-3-11(4-2)15-14(18)10-6-5-7-12(8-10)19-9-13(16)17/h5-8,11H,3-4,9H2,1-2H3,(H,15,18)(H,16,17). The number of carbonyl (C=O) groups is 2. The number of ether oxygens (including phenoxy) is 1. The highest BCUT2D eigenvalue weighted by Gasteiger charge is 2.11. The van der Waals surface area contributed by atoms with Crippen molar-refractivity contribution < 1.29 is 19.4 Å². The van der Waals surface area contributed by atoms with Gasteiger partial charge in [-0.2, -0.15) is 0 Å². The van der Waals surface area contributed by atoms with Crippen LogP contribution in [0.1, 0.15) is 37.0 Å². The Kier molecular flexibility index (Phi) is 5.85. The molecular weight excluding hydrogens is 246 g/mol. The van der Waals surface area contributed by atoms with Crippen LogP contribution in [0.2, 0.25) is 0 Å². The second kappa shape index (κ2) is 7.41. The third-order valence-electron chi connectivity index (χ3n) is 2.78. The van der Waals surface area contributed by atoms with Gasteiger partial charge >= 0.3 is 5.97 Å². The Hall–Kier alpha value is -2.04. The minimum absolute atomic E-state index is 0.149. The predicted octanol–water partition coefficient (Wildman–Crippen LogP) is 2.07. The molecule has 5 heteroatoms. The molecular formula is C14H19NO4. The number of aliphatic carboxylic acids is 1. The SMILES string of the molecule is CCC(CC)NC(=O)c1cccc(OCC(=O)O)c1. The van der Waals surface area contributed by atoms with Crippen molar-refractivity contribution in [3.8, 4) is 5.75 Å². The van der Waals surface area contributed by atoms with E-state index in [1.54, 1.807) is 24.3 Å². The lowest BCUT2D eigenvalue weighted by Crippen LogP contribution is -2.33. The summed E-state index contributed by atoms with van der Waals surface area (Å²) in [7, 11) is 0. The monoisotopic (exact) mass is 265 g/mol. The number of carboxylic acid groups (broad SMARTS) is 1. The van der Waals surface area contributed by atoms with Crippen LogP contribution in [0.3, 0.4) is 0 Å². The van der Waals surface area contributed by atoms with Crippen LogP contribution in [0.4, 0.5) is 0 Å². The Labute approximate surface area is 112 Å². The molecule has 0 saturated carbocycles. The molecule has 0 radical (unpaired) electrons. The molecule has 104 valence electrons. The summed E-state index contributed by atoms with van der Waals surface area (Å²) in [5.41, 5.74) is 0.467. The fourth-order valence-electron chi connectivity index (χ4n) is 1.63. The van der Waals surface area contributed by atoms with Gasteiger partial charge in [0.05, 0.1) is 0 Å². The van der Waals surface area contributed by atoms with E-state index in [2.05, 4.69) is 5.32 Å². The number of carboxylic acids is 1. The minimum Gasteiger partial charge on any atom is -0.482 e. The summed E-state index contributed by atoms with van der Waals surface area (Å²) in [4.78, 5) is 22.4. The number of carbonyl (C=O) groups excluding carboxylic acids is 1. The summed E-state index contributed by atoms with van der Waals surface area (Å²) in [6, 6.07) is 6.65. The quantitative estimate of drug-likeness (QED) is 0.791. The van der Waals surface area contributed by atoms with Crippen molar-refractivity contribution >= 4 is 11.9 Å². The van der Waals surface area contributed by atoms with Crippen molar-refractivity contribution in [3.63, 3.8) is 0 Å². The highest BCUT2D eigenvalue weighted by molar-refractivity contribution is 5.94. The van der Waals surface area contributed by atoms with Crippen molar-refractivity contribution in [1.29, 1.82) is 0 Å². The van der Waals surface area contributed by atoms with Crippen LogP contribution < -0.4 is 10.1 Å². The van der Waals surface area contributed by atoms with Gasteiger partial charge in [-0.25, -0.2) is 4.79 Å². The third-order valence-corrected chi connectivity index (χ3v) is 2.78. The van der Waals surface area contributed by atoms with Crippen LogP contribution in [-0.4, -0.2) is 29.6 Å². The van der Waals surface area contributed by atoms with Crippen molar-refractivity contribution in [1.82, 2.24) is 5.32 Å². The van der Waals surface area contributed by atoms with Gasteiger partial charge in [0.25, 0.3) is 5.91 Å². The Morgan fingerprint density at radius 1 is 1.32 bits per heavy atom. The second-order valence-corrected chi connectivity index (χ2v) is 4.20. The van der Waals surface area contributed by atoms with Crippen molar-refractivity contribution in [2.45, 2.75) is 32.7 Å². The van der Waals surface area contributed by atoms with Crippen LogP contribution in [0.5, 0.6) is 5.75 Å². The van der Waals surface area contributed by atoms with E-state index in [1.165, 1.54) is 0 Å². The molecule has 0 aliphatic heterocycles. The molecule has 0 unspecified atom stereocenters. The van der Waals surface area contributed by atoms with Gasteiger partial charge in [0.15, 0.2) is 6.61 Å². The number of hydrogen-bond donors (Lipinski definition) is 2. The zero-order valence-corrected chi connectivity index (χ0v) is 11.2. The normalized spacial score (nSPS) is 10.3. The lowest BCUT2D eigenvalue weighted by Gasteiger charge is -2.15. The van der Waals surface area contributed by atoms with E-state index < -0.39 is 12.6 Å². The largest absolute Gasteiger partial charge is 0.482 e. The van der Waals surface area contributed by atoms with Crippen molar-refractivity contribution in [3.05, 3.63) is 29.8 Å².